The average molecular weight is 165 g/mol. The second kappa shape index (κ2) is 2.44. The largest absolute Gasteiger partial charge is 0.328 e. The van der Waals surface area contributed by atoms with Gasteiger partial charge in [0.2, 0.25) is 5.91 Å². The first-order valence-corrected chi connectivity index (χ1v) is 4.19. The third-order valence-corrected chi connectivity index (χ3v) is 2.47. The fourth-order valence-corrected chi connectivity index (χ4v) is 1.88. The highest BCUT2D eigenvalue weighted by atomic mass is 16.2. The summed E-state index contributed by atoms with van der Waals surface area (Å²) >= 11 is 0. The zero-order valence-corrected chi connectivity index (χ0v) is 7.04. The molecule has 0 aliphatic carbocycles. The van der Waals surface area contributed by atoms with E-state index in [0.717, 1.165) is 5.57 Å². The molecule has 64 valence electrons. The van der Waals surface area contributed by atoms with Crippen LogP contribution in [0.15, 0.2) is 11.6 Å². The zero-order chi connectivity index (χ0) is 8.72. The molecular weight excluding hydrogens is 154 g/mol. The Bertz CT molecular complexity index is 280. The van der Waals surface area contributed by atoms with Gasteiger partial charge in [-0.25, -0.2) is 0 Å². The number of amides is 1. The maximum atomic E-state index is 11.4. The van der Waals surface area contributed by atoms with Crippen LogP contribution in [0.5, 0.6) is 0 Å². The Labute approximate surface area is 71.0 Å². The Morgan fingerprint density at radius 3 is 3.00 bits per heavy atom. The average Bonchev–Trinajstić information content (AvgIpc) is 2.33. The Hall–Kier alpha value is -1.12. The topological polar surface area (TPSA) is 37.4 Å². The molecule has 2 heterocycles. The third-order valence-electron chi connectivity index (χ3n) is 2.47. The van der Waals surface area contributed by atoms with Gasteiger partial charge in [0.15, 0.2) is 5.78 Å². The van der Waals surface area contributed by atoms with Gasteiger partial charge in [0.25, 0.3) is 0 Å². The van der Waals surface area contributed by atoms with Crippen LogP contribution in [0, 0.1) is 0 Å². The van der Waals surface area contributed by atoms with Crippen molar-refractivity contribution in [2.24, 2.45) is 0 Å². The Balaban J connectivity index is 2.30. The predicted molar refractivity (Wildman–Crippen MR) is 43.5 cm³/mol. The van der Waals surface area contributed by atoms with Gasteiger partial charge in [0.1, 0.15) is 0 Å². The first-order chi connectivity index (χ1) is 5.68. The van der Waals surface area contributed by atoms with Crippen molar-refractivity contribution in [3.05, 3.63) is 11.6 Å². The lowest BCUT2D eigenvalue weighted by Crippen LogP contribution is -2.42. The third kappa shape index (κ3) is 0.967. The van der Waals surface area contributed by atoms with E-state index in [1.54, 1.807) is 11.0 Å². The lowest BCUT2D eigenvalue weighted by Gasteiger charge is -2.27. The van der Waals surface area contributed by atoms with Crippen LogP contribution >= 0.6 is 0 Å². The molecular formula is C9H11NO2. The maximum absolute atomic E-state index is 11.4. The molecule has 3 nitrogen and oxygen atoms in total. The van der Waals surface area contributed by atoms with Crippen molar-refractivity contribution in [1.29, 1.82) is 0 Å². The highest BCUT2D eigenvalue weighted by Crippen LogP contribution is 2.24. The summed E-state index contributed by atoms with van der Waals surface area (Å²) in [6.45, 7) is 2.54. The van der Waals surface area contributed by atoms with E-state index in [1.165, 1.54) is 0 Å². The molecule has 0 N–H and O–H groups in total. The molecule has 1 amide bonds. The molecule has 0 bridgehead atoms. The van der Waals surface area contributed by atoms with Gasteiger partial charge in [-0.3, -0.25) is 9.59 Å². The first-order valence-electron chi connectivity index (χ1n) is 4.19. The van der Waals surface area contributed by atoms with E-state index in [1.807, 2.05) is 6.92 Å². The van der Waals surface area contributed by atoms with Crippen molar-refractivity contribution in [1.82, 2.24) is 4.90 Å². The molecule has 0 aromatic rings. The summed E-state index contributed by atoms with van der Waals surface area (Å²) < 4.78 is 0. The Kier molecular flexibility index (Phi) is 1.53. The van der Waals surface area contributed by atoms with Crippen molar-refractivity contribution in [3.63, 3.8) is 0 Å². The Morgan fingerprint density at radius 2 is 2.25 bits per heavy atom. The smallest absolute Gasteiger partial charge is 0.223 e. The van der Waals surface area contributed by atoms with Gasteiger partial charge in [-0.15, -0.1) is 0 Å². The zero-order valence-electron chi connectivity index (χ0n) is 7.04. The molecule has 0 saturated carbocycles. The van der Waals surface area contributed by atoms with Crippen molar-refractivity contribution < 1.29 is 9.59 Å². The fourth-order valence-electron chi connectivity index (χ4n) is 1.88. The molecule has 3 heteroatoms. The molecule has 1 fully saturated rings. The van der Waals surface area contributed by atoms with Crippen molar-refractivity contribution in [2.45, 2.75) is 25.8 Å². The molecule has 2 rings (SSSR count). The van der Waals surface area contributed by atoms with E-state index in [2.05, 4.69) is 0 Å². The second-order valence-corrected chi connectivity index (χ2v) is 3.47. The summed E-state index contributed by atoms with van der Waals surface area (Å²) in [5.41, 5.74) is 0.992. The second-order valence-electron chi connectivity index (χ2n) is 3.47. The summed E-state index contributed by atoms with van der Waals surface area (Å²) in [5.74, 6) is 0.227. The van der Waals surface area contributed by atoms with Gasteiger partial charge in [-0.2, -0.15) is 0 Å². The number of fused-ring (bicyclic) bond motifs is 1. The number of nitrogens with zero attached hydrogens (tertiary/aromatic N) is 1. The van der Waals surface area contributed by atoms with Crippen LogP contribution in [0.3, 0.4) is 0 Å². The van der Waals surface area contributed by atoms with Crippen LogP contribution in [-0.2, 0) is 9.59 Å². The molecule has 0 spiro atoms. The number of hydrogen-bond acceptors (Lipinski definition) is 2. The van der Waals surface area contributed by atoms with E-state index < -0.39 is 0 Å². The highest BCUT2D eigenvalue weighted by molar-refractivity contribution is 6.00. The highest BCUT2D eigenvalue weighted by Gasteiger charge is 2.37. The molecule has 12 heavy (non-hydrogen) atoms. The van der Waals surface area contributed by atoms with E-state index in [4.69, 9.17) is 0 Å². The van der Waals surface area contributed by atoms with Gasteiger partial charge in [0.05, 0.1) is 6.04 Å². The van der Waals surface area contributed by atoms with E-state index in [0.29, 0.717) is 19.4 Å². The SMILES string of the molecule is CC1=CC(=O)[C@@H]2CCC(=O)N2C1. The lowest BCUT2D eigenvalue weighted by atomic mass is 10.0. The van der Waals surface area contributed by atoms with Crippen LogP contribution in [0.2, 0.25) is 0 Å². The number of carbonyl (C=O) groups excluding carboxylic acids is 2. The lowest BCUT2D eigenvalue weighted by molar-refractivity contribution is -0.133. The molecule has 2 aliphatic rings. The number of rotatable bonds is 0. The summed E-state index contributed by atoms with van der Waals surface area (Å²) in [7, 11) is 0. The summed E-state index contributed by atoms with van der Waals surface area (Å²) in [6, 6.07) is -0.138. The molecule has 2 aliphatic heterocycles. The van der Waals surface area contributed by atoms with Gasteiger partial charge >= 0.3 is 0 Å². The van der Waals surface area contributed by atoms with E-state index >= 15 is 0 Å². The van der Waals surface area contributed by atoms with Crippen LogP contribution in [0.4, 0.5) is 0 Å². The normalized spacial score (nSPS) is 28.9. The number of ketones is 1. The van der Waals surface area contributed by atoms with Crippen molar-refractivity contribution in [2.75, 3.05) is 6.54 Å². The van der Waals surface area contributed by atoms with Gasteiger partial charge in [-0.05, 0) is 19.4 Å². The number of carbonyl (C=O) groups is 2. The summed E-state index contributed by atoms with van der Waals surface area (Å²) in [5, 5.41) is 0. The van der Waals surface area contributed by atoms with Crippen LogP contribution in [0.1, 0.15) is 19.8 Å². The van der Waals surface area contributed by atoms with Gasteiger partial charge in [-0.1, -0.05) is 5.57 Å². The minimum atomic E-state index is -0.138. The molecule has 1 atom stereocenters. The van der Waals surface area contributed by atoms with Crippen molar-refractivity contribution in [3.8, 4) is 0 Å². The maximum Gasteiger partial charge on any atom is 0.223 e. The molecule has 0 aromatic carbocycles. The minimum absolute atomic E-state index is 0.101. The fraction of sp³-hybridized carbons (Fsp3) is 0.556. The van der Waals surface area contributed by atoms with Gasteiger partial charge < -0.3 is 4.90 Å². The minimum Gasteiger partial charge on any atom is -0.328 e. The van der Waals surface area contributed by atoms with E-state index in [9.17, 15) is 9.59 Å². The standard InChI is InChI=1S/C9H11NO2/c1-6-4-8(11)7-2-3-9(12)10(7)5-6/h4,7H,2-3,5H2,1H3/t7-/m0/s1. The van der Waals surface area contributed by atoms with Gasteiger partial charge in [0, 0.05) is 13.0 Å². The molecule has 1 saturated heterocycles. The van der Waals surface area contributed by atoms with Crippen LogP contribution in [-0.4, -0.2) is 29.2 Å². The first kappa shape index (κ1) is 7.53. The van der Waals surface area contributed by atoms with Crippen molar-refractivity contribution >= 4 is 11.7 Å². The quantitative estimate of drug-likeness (QED) is 0.524. The Morgan fingerprint density at radius 1 is 1.50 bits per heavy atom. The summed E-state index contributed by atoms with van der Waals surface area (Å²) in [4.78, 5) is 24.3. The van der Waals surface area contributed by atoms with E-state index in [-0.39, 0.29) is 17.7 Å². The summed E-state index contributed by atoms with van der Waals surface area (Å²) in [6.07, 6.45) is 2.92. The van der Waals surface area contributed by atoms with Crippen LogP contribution in [0.25, 0.3) is 0 Å². The molecule has 0 radical (unpaired) electrons. The molecule has 0 unspecified atom stereocenters. The monoisotopic (exact) mass is 165 g/mol. The number of hydrogen-bond donors (Lipinski definition) is 0. The van der Waals surface area contributed by atoms with Crippen LogP contribution < -0.4 is 0 Å². The predicted octanol–water partition coefficient (Wildman–Crippen LogP) is 0.506. The molecule has 0 aromatic heterocycles.